The van der Waals surface area contributed by atoms with Crippen LogP contribution in [0, 0.1) is 10.1 Å². The molecule has 0 saturated carbocycles. The molecule has 1 fully saturated rings. The Morgan fingerprint density at radius 2 is 2.00 bits per heavy atom. The highest BCUT2D eigenvalue weighted by molar-refractivity contribution is 5.95. The summed E-state index contributed by atoms with van der Waals surface area (Å²) in [6, 6.07) is 4.46. The van der Waals surface area contributed by atoms with Crippen LogP contribution in [0.4, 0.5) is 11.4 Å². The van der Waals surface area contributed by atoms with Gasteiger partial charge in [0.15, 0.2) is 0 Å². The number of likely N-dealkylation sites (N-methyl/N-ethyl adjacent to an activating group) is 1. The molecular formula is C13H18N4O4. The van der Waals surface area contributed by atoms with Gasteiger partial charge >= 0.3 is 0 Å². The Morgan fingerprint density at radius 1 is 1.33 bits per heavy atom. The van der Waals surface area contributed by atoms with Gasteiger partial charge in [-0.05, 0) is 19.2 Å². The number of nitrogens with one attached hydrogen (secondary N) is 1. The molecule has 1 saturated heterocycles. The lowest BCUT2D eigenvalue weighted by molar-refractivity contribution is -0.384. The van der Waals surface area contributed by atoms with Gasteiger partial charge in [0.25, 0.3) is 11.6 Å². The minimum atomic E-state index is -0.509. The van der Waals surface area contributed by atoms with E-state index in [0.29, 0.717) is 5.69 Å². The summed E-state index contributed by atoms with van der Waals surface area (Å²) in [7, 11) is 3.33. The third-order valence-electron chi connectivity index (χ3n) is 3.47. The van der Waals surface area contributed by atoms with Crippen LogP contribution >= 0.6 is 0 Å². The molecule has 0 spiro atoms. The molecule has 8 heteroatoms. The molecule has 1 aliphatic heterocycles. The van der Waals surface area contributed by atoms with Gasteiger partial charge in [0.2, 0.25) is 0 Å². The summed E-state index contributed by atoms with van der Waals surface area (Å²) in [5, 5.41) is 11.3. The van der Waals surface area contributed by atoms with Gasteiger partial charge in [-0.3, -0.25) is 19.7 Å². The minimum Gasteiger partial charge on any atom is -0.363 e. The molecule has 0 bridgehead atoms. The smallest absolute Gasteiger partial charge is 0.293 e. The molecule has 2 rings (SSSR count). The van der Waals surface area contributed by atoms with E-state index in [0.717, 1.165) is 26.2 Å². The number of carbonyl (C=O) groups is 1. The number of rotatable bonds is 4. The Kier molecular flexibility index (Phi) is 4.71. The molecule has 1 aromatic carbocycles. The molecule has 1 heterocycles. The molecule has 0 aliphatic carbocycles. The maximum absolute atomic E-state index is 11.7. The predicted molar refractivity (Wildman–Crippen MR) is 77.3 cm³/mol. The van der Waals surface area contributed by atoms with Gasteiger partial charge in [-0.1, -0.05) is 0 Å². The first-order valence-electron chi connectivity index (χ1n) is 6.58. The van der Waals surface area contributed by atoms with Crippen LogP contribution in [-0.4, -0.2) is 56.1 Å². The molecule has 1 aromatic rings. The number of nitrogens with zero attached hydrogens (tertiary/aromatic N) is 3. The van der Waals surface area contributed by atoms with Gasteiger partial charge < -0.3 is 9.80 Å². The molecule has 114 valence electrons. The van der Waals surface area contributed by atoms with Gasteiger partial charge in [-0.25, -0.2) is 5.48 Å². The van der Waals surface area contributed by atoms with Crippen LogP contribution in [0.15, 0.2) is 18.2 Å². The zero-order valence-electron chi connectivity index (χ0n) is 12.0. The van der Waals surface area contributed by atoms with Crippen molar-refractivity contribution in [2.75, 3.05) is 45.2 Å². The first-order valence-corrected chi connectivity index (χ1v) is 6.58. The second-order valence-electron chi connectivity index (χ2n) is 4.89. The number of hydrogen-bond acceptors (Lipinski definition) is 6. The highest BCUT2D eigenvalue weighted by atomic mass is 16.6. The molecule has 1 N–H and O–H groups in total. The average Bonchev–Trinajstić information content (AvgIpc) is 2.47. The molecule has 0 unspecified atom stereocenters. The number of nitro groups is 1. The van der Waals surface area contributed by atoms with E-state index in [4.69, 9.17) is 0 Å². The van der Waals surface area contributed by atoms with E-state index in [1.165, 1.54) is 13.2 Å². The largest absolute Gasteiger partial charge is 0.363 e. The summed E-state index contributed by atoms with van der Waals surface area (Å²) in [6.45, 7) is 3.15. The summed E-state index contributed by atoms with van der Waals surface area (Å²) in [4.78, 5) is 31.1. The number of piperazine rings is 1. The van der Waals surface area contributed by atoms with Crippen molar-refractivity contribution in [1.82, 2.24) is 10.4 Å². The van der Waals surface area contributed by atoms with Crippen LogP contribution in [0.3, 0.4) is 0 Å². The van der Waals surface area contributed by atoms with Gasteiger partial charge in [-0.2, -0.15) is 0 Å². The summed E-state index contributed by atoms with van der Waals surface area (Å²) in [6.07, 6.45) is 0. The fourth-order valence-corrected chi connectivity index (χ4v) is 2.28. The number of amides is 1. The molecule has 21 heavy (non-hydrogen) atoms. The van der Waals surface area contributed by atoms with E-state index in [2.05, 4.69) is 15.2 Å². The molecular weight excluding hydrogens is 276 g/mol. The molecule has 0 aromatic heterocycles. The number of hydrogen-bond donors (Lipinski definition) is 1. The van der Waals surface area contributed by atoms with Crippen molar-refractivity contribution in [2.45, 2.75) is 0 Å². The van der Waals surface area contributed by atoms with Crippen LogP contribution in [-0.2, 0) is 4.84 Å². The highest BCUT2D eigenvalue weighted by Crippen LogP contribution is 2.30. The Hall–Kier alpha value is -2.19. The topological polar surface area (TPSA) is 88.0 Å². The molecule has 0 radical (unpaired) electrons. The summed E-state index contributed by atoms with van der Waals surface area (Å²) in [5.74, 6) is -0.509. The number of carbonyl (C=O) groups excluding carboxylic acids is 1. The van der Waals surface area contributed by atoms with Crippen molar-refractivity contribution in [3.8, 4) is 0 Å². The van der Waals surface area contributed by atoms with E-state index in [1.54, 1.807) is 12.1 Å². The second kappa shape index (κ2) is 6.51. The Morgan fingerprint density at radius 3 is 2.57 bits per heavy atom. The molecule has 1 aliphatic rings. The van der Waals surface area contributed by atoms with Crippen molar-refractivity contribution in [1.29, 1.82) is 0 Å². The SMILES string of the molecule is CONC(=O)c1ccc(N2CCN(C)CC2)c([N+](=O)[O-])c1. The standard InChI is InChI=1S/C13H18N4O4/c1-15-5-7-16(8-6-15)11-4-3-10(13(18)14-21-2)9-12(11)17(19)20/h3-4,9H,5-8H2,1-2H3,(H,14,18). The highest BCUT2D eigenvalue weighted by Gasteiger charge is 2.24. The van der Waals surface area contributed by atoms with Crippen LogP contribution in [0.2, 0.25) is 0 Å². The van der Waals surface area contributed by atoms with Crippen LogP contribution in [0.5, 0.6) is 0 Å². The van der Waals surface area contributed by atoms with E-state index in [-0.39, 0.29) is 11.3 Å². The van der Waals surface area contributed by atoms with Crippen molar-refractivity contribution in [3.05, 3.63) is 33.9 Å². The summed E-state index contributed by atoms with van der Waals surface area (Å²) < 4.78 is 0. The maximum Gasteiger partial charge on any atom is 0.293 e. The van der Waals surface area contributed by atoms with Crippen LogP contribution in [0.25, 0.3) is 0 Å². The first kappa shape index (κ1) is 15.2. The Bertz CT molecular complexity index is 541. The number of hydroxylamine groups is 1. The zero-order valence-corrected chi connectivity index (χ0v) is 12.0. The fraction of sp³-hybridized carbons (Fsp3) is 0.462. The number of nitro benzene ring substituents is 1. The Balaban J connectivity index is 2.29. The maximum atomic E-state index is 11.7. The average molecular weight is 294 g/mol. The van der Waals surface area contributed by atoms with E-state index in [9.17, 15) is 14.9 Å². The molecule has 1 amide bonds. The third-order valence-corrected chi connectivity index (χ3v) is 3.47. The molecule has 8 nitrogen and oxygen atoms in total. The lowest BCUT2D eigenvalue weighted by Crippen LogP contribution is -2.44. The van der Waals surface area contributed by atoms with Crippen LogP contribution < -0.4 is 10.4 Å². The third kappa shape index (κ3) is 3.47. The van der Waals surface area contributed by atoms with E-state index >= 15 is 0 Å². The fourth-order valence-electron chi connectivity index (χ4n) is 2.28. The van der Waals surface area contributed by atoms with Gasteiger partial charge in [0.05, 0.1) is 12.0 Å². The minimum absolute atomic E-state index is 0.0664. The first-order chi connectivity index (χ1) is 10.0. The van der Waals surface area contributed by atoms with E-state index in [1.807, 2.05) is 11.9 Å². The monoisotopic (exact) mass is 294 g/mol. The van der Waals surface area contributed by atoms with Gasteiger partial charge in [0.1, 0.15) is 5.69 Å². The quantitative estimate of drug-likeness (QED) is 0.647. The summed E-state index contributed by atoms with van der Waals surface area (Å²) >= 11 is 0. The van der Waals surface area contributed by atoms with Crippen molar-refractivity contribution < 1.29 is 14.6 Å². The van der Waals surface area contributed by atoms with Crippen molar-refractivity contribution in [2.24, 2.45) is 0 Å². The second-order valence-corrected chi connectivity index (χ2v) is 4.89. The molecule has 0 atom stereocenters. The lowest BCUT2D eigenvalue weighted by atomic mass is 10.1. The van der Waals surface area contributed by atoms with Crippen molar-refractivity contribution in [3.63, 3.8) is 0 Å². The Labute approximate surface area is 122 Å². The zero-order chi connectivity index (χ0) is 15.4. The van der Waals surface area contributed by atoms with Gasteiger partial charge in [-0.15, -0.1) is 0 Å². The normalized spacial score (nSPS) is 15.8. The number of benzene rings is 1. The number of anilines is 1. The van der Waals surface area contributed by atoms with Crippen LogP contribution in [0.1, 0.15) is 10.4 Å². The van der Waals surface area contributed by atoms with Crippen molar-refractivity contribution >= 4 is 17.3 Å². The summed E-state index contributed by atoms with van der Waals surface area (Å²) in [5.41, 5.74) is 2.82. The van der Waals surface area contributed by atoms with E-state index < -0.39 is 10.8 Å². The lowest BCUT2D eigenvalue weighted by Gasteiger charge is -2.33. The van der Waals surface area contributed by atoms with Gasteiger partial charge in [0, 0.05) is 37.8 Å². The predicted octanol–water partition coefficient (Wildman–Crippen LogP) is 0.638.